The zero-order valence-electron chi connectivity index (χ0n) is 11.0. The molecule has 4 nitrogen and oxygen atoms in total. The lowest BCUT2D eigenvalue weighted by Crippen LogP contribution is -2.32. The molecule has 0 bridgehead atoms. The third-order valence-electron chi connectivity index (χ3n) is 3.58. The number of hydrogen-bond acceptors (Lipinski definition) is 4. The molecule has 0 radical (unpaired) electrons. The number of ether oxygens (including phenoxy) is 1. The maximum atomic E-state index is 11.9. The zero-order chi connectivity index (χ0) is 13.6. The summed E-state index contributed by atoms with van der Waals surface area (Å²) in [4.78, 5) is 11.9. The van der Waals surface area contributed by atoms with E-state index < -0.39 is 5.63 Å². The van der Waals surface area contributed by atoms with Crippen LogP contribution in [-0.2, 0) is 13.0 Å². The molecule has 1 aromatic heterocycles. The van der Waals surface area contributed by atoms with Gasteiger partial charge in [-0.15, -0.1) is 0 Å². The van der Waals surface area contributed by atoms with E-state index in [-0.39, 0.29) is 18.0 Å². The first kappa shape index (κ1) is 12.2. The fourth-order valence-corrected chi connectivity index (χ4v) is 2.56. The summed E-state index contributed by atoms with van der Waals surface area (Å²) in [6, 6.07) is 5.29. The maximum absolute atomic E-state index is 11.9. The summed E-state index contributed by atoms with van der Waals surface area (Å²) in [5.41, 5.74) is 0.438. The molecule has 1 aromatic carbocycles. The number of fused-ring (bicyclic) bond motifs is 3. The Hall–Kier alpha value is -1.81. The van der Waals surface area contributed by atoms with E-state index >= 15 is 0 Å². The molecular weight excluding hydrogens is 244 g/mol. The highest BCUT2D eigenvalue weighted by molar-refractivity contribution is 5.87. The molecule has 1 aliphatic heterocycles. The van der Waals surface area contributed by atoms with Crippen molar-refractivity contribution < 1.29 is 14.3 Å². The Morgan fingerprint density at radius 2 is 2.11 bits per heavy atom. The van der Waals surface area contributed by atoms with Gasteiger partial charge in [-0.1, -0.05) is 0 Å². The predicted octanol–water partition coefficient (Wildman–Crippen LogP) is 2.39. The van der Waals surface area contributed by atoms with Gasteiger partial charge < -0.3 is 14.3 Å². The number of aliphatic hydroxyl groups is 1. The maximum Gasteiger partial charge on any atom is 0.343 e. The molecule has 19 heavy (non-hydrogen) atoms. The van der Waals surface area contributed by atoms with Gasteiger partial charge in [0.25, 0.3) is 0 Å². The normalized spacial score (nSPS) is 17.0. The Balaban J connectivity index is 2.28. The van der Waals surface area contributed by atoms with E-state index in [1.165, 1.54) is 0 Å². The molecule has 0 fully saturated rings. The van der Waals surface area contributed by atoms with Gasteiger partial charge in [0.05, 0.1) is 5.39 Å². The summed E-state index contributed by atoms with van der Waals surface area (Å²) in [7, 11) is 0. The summed E-state index contributed by atoms with van der Waals surface area (Å²) in [6.07, 6.45) is 1.75. The van der Waals surface area contributed by atoms with Crippen molar-refractivity contribution in [2.75, 3.05) is 0 Å². The van der Waals surface area contributed by atoms with Crippen LogP contribution < -0.4 is 10.4 Å². The molecule has 0 aliphatic carbocycles. The zero-order valence-corrected chi connectivity index (χ0v) is 11.0. The van der Waals surface area contributed by atoms with Crippen LogP contribution in [0.2, 0.25) is 0 Å². The molecule has 0 saturated carbocycles. The van der Waals surface area contributed by atoms with E-state index in [9.17, 15) is 4.79 Å². The van der Waals surface area contributed by atoms with Crippen molar-refractivity contribution in [3.8, 4) is 5.75 Å². The van der Waals surface area contributed by atoms with Crippen molar-refractivity contribution in [1.82, 2.24) is 0 Å². The Bertz CT molecular complexity index is 697. The molecule has 0 spiro atoms. The van der Waals surface area contributed by atoms with Crippen LogP contribution in [-0.4, -0.2) is 10.7 Å². The first-order chi connectivity index (χ1) is 9.00. The van der Waals surface area contributed by atoms with E-state index in [1.807, 2.05) is 6.07 Å². The number of aliphatic hydroxyl groups excluding tert-OH is 1. The molecule has 2 aromatic rings. The van der Waals surface area contributed by atoms with Gasteiger partial charge in [0.1, 0.15) is 23.7 Å². The third kappa shape index (κ3) is 2.02. The van der Waals surface area contributed by atoms with E-state index in [1.54, 1.807) is 12.1 Å². The molecule has 0 unspecified atom stereocenters. The van der Waals surface area contributed by atoms with E-state index in [0.29, 0.717) is 5.39 Å². The van der Waals surface area contributed by atoms with Gasteiger partial charge in [-0.25, -0.2) is 4.79 Å². The Kier molecular flexibility index (Phi) is 2.64. The Morgan fingerprint density at radius 1 is 1.32 bits per heavy atom. The average Bonchev–Trinajstić information content (AvgIpc) is 2.36. The minimum atomic E-state index is -0.408. The molecule has 0 atom stereocenters. The minimum Gasteiger partial charge on any atom is -0.488 e. The van der Waals surface area contributed by atoms with Crippen LogP contribution in [0.15, 0.2) is 27.4 Å². The summed E-state index contributed by atoms with van der Waals surface area (Å²) in [5.74, 6) is 1.11. The smallest absolute Gasteiger partial charge is 0.343 e. The summed E-state index contributed by atoms with van der Waals surface area (Å²) in [5, 5.41) is 10.5. The topological polar surface area (TPSA) is 59.7 Å². The third-order valence-corrected chi connectivity index (χ3v) is 3.58. The predicted molar refractivity (Wildman–Crippen MR) is 71.4 cm³/mol. The van der Waals surface area contributed by atoms with Crippen LogP contribution in [0.3, 0.4) is 0 Å². The number of aryl methyl sites for hydroxylation is 1. The highest BCUT2D eigenvalue weighted by Crippen LogP contribution is 2.36. The molecule has 2 heterocycles. The molecular formula is C15H16O4. The highest BCUT2D eigenvalue weighted by atomic mass is 16.5. The molecule has 0 amide bonds. The molecule has 3 rings (SSSR count). The highest BCUT2D eigenvalue weighted by Gasteiger charge is 2.28. The van der Waals surface area contributed by atoms with Crippen LogP contribution >= 0.6 is 0 Å². The Morgan fingerprint density at radius 3 is 2.84 bits per heavy atom. The molecule has 1 aliphatic rings. The second kappa shape index (κ2) is 4.10. The number of hydrogen-bond donors (Lipinski definition) is 1. The second-order valence-corrected chi connectivity index (χ2v) is 5.52. The van der Waals surface area contributed by atoms with Gasteiger partial charge >= 0.3 is 5.63 Å². The van der Waals surface area contributed by atoms with Crippen molar-refractivity contribution in [2.24, 2.45) is 0 Å². The molecule has 1 N–H and O–H groups in total. The molecule has 100 valence electrons. The van der Waals surface area contributed by atoms with Crippen LogP contribution in [0.25, 0.3) is 10.8 Å². The van der Waals surface area contributed by atoms with Crippen molar-refractivity contribution in [1.29, 1.82) is 0 Å². The quantitative estimate of drug-likeness (QED) is 0.855. The van der Waals surface area contributed by atoms with Gasteiger partial charge in [0.15, 0.2) is 0 Å². The lowest BCUT2D eigenvalue weighted by Gasteiger charge is -2.33. The largest absolute Gasteiger partial charge is 0.488 e. The van der Waals surface area contributed by atoms with E-state index in [2.05, 4.69) is 13.8 Å². The second-order valence-electron chi connectivity index (χ2n) is 5.52. The summed E-state index contributed by atoms with van der Waals surface area (Å²) >= 11 is 0. The lowest BCUT2D eigenvalue weighted by atomic mass is 9.91. The van der Waals surface area contributed by atoms with E-state index in [4.69, 9.17) is 14.3 Å². The van der Waals surface area contributed by atoms with Crippen molar-refractivity contribution in [3.63, 3.8) is 0 Å². The van der Waals surface area contributed by atoms with Gasteiger partial charge in [-0.2, -0.15) is 0 Å². The van der Waals surface area contributed by atoms with Crippen molar-refractivity contribution >= 4 is 10.8 Å². The first-order valence-corrected chi connectivity index (χ1v) is 6.39. The fraction of sp³-hybridized carbons (Fsp3) is 0.400. The van der Waals surface area contributed by atoms with Gasteiger partial charge in [0.2, 0.25) is 0 Å². The molecule has 4 heteroatoms. The SMILES string of the molecule is CC1(C)CCc2c(ccc3c(=O)oc(CO)cc23)O1. The Labute approximate surface area is 110 Å². The van der Waals surface area contributed by atoms with Gasteiger partial charge in [-0.05, 0) is 50.3 Å². The number of rotatable bonds is 1. The van der Waals surface area contributed by atoms with Gasteiger partial charge in [0, 0.05) is 5.56 Å². The minimum absolute atomic E-state index is 0.181. The van der Waals surface area contributed by atoms with E-state index in [0.717, 1.165) is 29.5 Å². The first-order valence-electron chi connectivity index (χ1n) is 6.39. The van der Waals surface area contributed by atoms with Crippen LogP contribution in [0.5, 0.6) is 5.75 Å². The monoisotopic (exact) mass is 260 g/mol. The fourth-order valence-electron chi connectivity index (χ4n) is 2.56. The average molecular weight is 260 g/mol. The van der Waals surface area contributed by atoms with Crippen LogP contribution in [0.4, 0.5) is 0 Å². The number of benzene rings is 1. The van der Waals surface area contributed by atoms with Crippen molar-refractivity contribution in [2.45, 2.75) is 38.9 Å². The molecule has 0 saturated heterocycles. The van der Waals surface area contributed by atoms with Crippen LogP contribution in [0, 0.1) is 0 Å². The van der Waals surface area contributed by atoms with Crippen molar-refractivity contribution in [3.05, 3.63) is 39.9 Å². The summed E-state index contributed by atoms with van der Waals surface area (Å²) < 4.78 is 11.0. The standard InChI is InChI=1S/C15H16O4/c1-15(2)6-5-10-12-7-9(8-16)18-14(17)11(12)3-4-13(10)19-15/h3-4,7,16H,5-6,8H2,1-2H3. The lowest BCUT2D eigenvalue weighted by molar-refractivity contribution is 0.0853. The van der Waals surface area contributed by atoms with Crippen LogP contribution in [0.1, 0.15) is 31.6 Å². The van der Waals surface area contributed by atoms with Gasteiger partial charge in [-0.3, -0.25) is 0 Å². The summed E-state index contributed by atoms with van der Waals surface area (Å²) in [6.45, 7) is 3.83.